The molecule has 2 aromatic rings. The van der Waals surface area contributed by atoms with Crippen molar-refractivity contribution in [1.29, 1.82) is 5.26 Å². The minimum absolute atomic E-state index is 0.0415. The van der Waals surface area contributed by atoms with Crippen LogP contribution in [0.2, 0.25) is 0 Å². The smallest absolute Gasteiger partial charge is 0.226 e. The first-order chi connectivity index (χ1) is 8.98. The number of oxazole rings is 1. The van der Waals surface area contributed by atoms with Crippen LogP contribution < -0.4 is 5.32 Å². The van der Waals surface area contributed by atoms with E-state index in [0.717, 1.165) is 11.3 Å². The summed E-state index contributed by atoms with van der Waals surface area (Å²) in [6, 6.07) is 9.34. The van der Waals surface area contributed by atoms with Crippen LogP contribution in [0.4, 0.5) is 0 Å². The Hall–Kier alpha value is -2.12. The Kier molecular flexibility index (Phi) is 3.68. The highest BCUT2D eigenvalue weighted by molar-refractivity contribution is 5.56. The van der Waals surface area contributed by atoms with Gasteiger partial charge in [0.15, 0.2) is 0 Å². The van der Waals surface area contributed by atoms with Crippen molar-refractivity contribution in [2.24, 2.45) is 0 Å². The lowest BCUT2D eigenvalue weighted by atomic mass is 10.1. The highest BCUT2D eigenvalue weighted by atomic mass is 16.3. The molecule has 19 heavy (non-hydrogen) atoms. The van der Waals surface area contributed by atoms with E-state index >= 15 is 0 Å². The summed E-state index contributed by atoms with van der Waals surface area (Å²) in [6.07, 6.45) is 1.65. The number of rotatable bonds is 3. The van der Waals surface area contributed by atoms with Crippen LogP contribution in [0, 0.1) is 11.3 Å². The maximum absolute atomic E-state index is 8.88. The zero-order valence-corrected chi connectivity index (χ0v) is 11.4. The van der Waals surface area contributed by atoms with Gasteiger partial charge in [0.2, 0.25) is 5.89 Å². The van der Waals surface area contributed by atoms with E-state index in [0.29, 0.717) is 18.0 Å². The summed E-state index contributed by atoms with van der Waals surface area (Å²) in [5.74, 6) is 0.544. The van der Waals surface area contributed by atoms with Crippen LogP contribution in [0.5, 0.6) is 0 Å². The molecule has 0 saturated carbocycles. The molecule has 4 heteroatoms. The van der Waals surface area contributed by atoms with Crippen molar-refractivity contribution < 1.29 is 4.42 Å². The second-order valence-corrected chi connectivity index (χ2v) is 5.44. The van der Waals surface area contributed by atoms with E-state index in [1.165, 1.54) is 0 Å². The van der Waals surface area contributed by atoms with E-state index in [4.69, 9.17) is 9.68 Å². The fourth-order valence-electron chi connectivity index (χ4n) is 1.60. The van der Waals surface area contributed by atoms with Crippen molar-refractivity contribution in [2.75, 3.05) is 0 Å². The second-order valence-electron chi connectivity index (χ2n) is 5.44. The number of benzene rings is 1. The Balaban J connectivity index is 2.14. The van der Waals surface area contributed by atoms with Gasteiger partial charge in [-0.05, 0) is 39.0 Å². The Morgan fingerprint density at radius 1 is 1.37 bits per heavy atom. The number of hydrogen-bond donors (Lipinski definition) is 1. The quantitative estimate of drug-likeness (QED) is 0.915. The third-order valence-electron chi connectivity index (χ3n) is 2.59. The summed E-state index contributed by atoms with van der Waals surface area (Å²) in [7, 11) is 0. The molecule has 0 aliphatic heterocycles. The molecular weight excluding hydrogens is 238 g/mol. The number of nitrogens with zero attached hydrogens (tertiary/aromatic N) is 2. The van der Waals surface area contributed by atoms with Crippen molar-refractivity contribution in [3.05, 3.63) is 41.8 Å². The summed E-state index contributed by atoms with van der Waals surface area (Å²) < 4.78 is 5.45. The lowest BCUT2D eigenvalue weighted by molar-refractivity contribution is 0.421. The van der Waals surface area contributed by atoms with E-state index in [1.807, 2.05) is 12.1 Å². The number of hydrogen-bond acceptors (Lipinski definition) is 4. The average molecular weight is 255 g/mol. The lowest BCUT2D eigenvalue weighted by Crippen LogP contribution is -2.35. The van der Waals surface area contributed by atoms with Gasteiger partial charge in [0, 0.05) is 17.6 Å². The standard InChI is InChI=1S/C15H17N3O/c1-15(2,3)17-9-13-10-19-14(18-13)12-6-4-5-11(7-12)8-16/h4-7,10,17H,9H2,1-3H3. The van der Waals surface area contributed by atoms with Crippen LogP contribution in [0.15, 0.2) is 34.9 Å². The van der Waals surface area contributed by atoms with E-state index < -0.39 is 0 Å². The molecule has 4 nitrogen and oxygen atoms in total. The topological polar surface area (TPSA) is 61.9 Å². The van der Waals surface area contributed by atoms with E-state index in [1.54, 1.807) is 18.4 Å². The first kappa shape index (κ1) is 13.3. The van der Waals surface area contributed by atoms with Gasteiger partial charge in [-0.1, -0.05) is 6.07 Å². The van der Waals surface area contributed by atoms with Gasteiger partial charge >= 0.3 is 0 Å². The maximum Gasteiger partial charge on any atom is 0.226 e. The zero-order chi connectivity index (χ0) is 13.9. The van der Waals surface area contributed by atoms with E-state index in [-0.39, 0.29) is 5.54 Å². The second kappa shape index (κ2) is 5.25. The van der Waals surface area contributed by atoms with Gasteiger partial charge in [0.05, 0.1) is 17.3 Å². The molecule has 2 rings (SSSR count). The molecular formula is C15H17N3O. The third-order valence-corrected chi connectivity index (χ3v) is 2.59. The summed E-state index contributed by atoms with van der Waals surface area (Å²) in [5, 5.41) is 12.2. The SMILES string of the molecule is CC(C)(C)NCc1coc(-c2cccc(C#N)c2)n1. The van der Waals surface area contributed by atoms with E-state index in [9.17, 15) is 0 Å². The zero-order valence-electron chi connectivity index (χ0n) is 11.4. The van der Waals surface area contributed by atoms with Crippen molar-refractivity contribution in [3.8, 4) is 17.5 Å². The molecule has 0 saturated heterocycles. The summed E-state index contributed by atoms with van der Waals surface area (Å²) in [6.45, 7) is 6.96. The predicted octanol–water partition coefficient (Wildman–Crippen LogP) is 3.10. The molecule has 98 valence electrons. The van der Waals surface area contributed by atoms with Gasteiger partial charge in [-0.15, -0.1) is 0 Å². The predicted molar refractivity (Wildman–Crippen MR) is 73.2 cm³/mol. The summed E-state index contributed by atoms with van der Waals surface area (Å²) >= 11 is 0. The molecule has 0 radical (unpaired) electrons. The monoisotopic (exact) mass is 255 g/mol. The van der Waals surface area contributed by atoms with Gasteiger partial charge < -0.3 is 9.73 Å². The summed E-state index contributed by atoms with van der Waals surface area (Å²) in [4.78, 5) is 4.42. The molecule has 0 atom stereocenters. The Morgan fingerprint density at radius 3 is 2.84 bits per heavy atom. The van der Waals surface area contributed by atoms with Crippen molar-refractivity contribution in [1.82, 2.24) is 10.3 Å². The molecule has 0 aliphatic carbocycles. The highest BCUT2D eigenvalue weighted by Gasteiger charge is 2.11. The molecule has 0 spiro atoms. The minimum atomic E-state index is 0.0415. The van der Waals surface area contributed by atoms with Crippen LogP contribution >= 0.6 is 0 Å². The third kappa shape index (κ3) is 3.67. The van der Waals surface area contributed by atoms with Gasteiger partial charge in [0.1, 0.15) is 6.26 Å². The Morgan fingerprint density at radius 2 is 2.16 bits per heavy atom. The van der Waals surface area contributed by atoms with Gasteiger partial charge in [0.25, 0.3) is 0 Å². The van der Waals surface area contributed by atoms with Crippen molar-refractivity contribution in [2.45, 2.75) is 32.9 Å². The molecule has 1 aromatic heterocycles. The number of nitriles is 1. The minimum Gasteiger partial charge on any atom is -0.444 e. The molecule has 1 heterocycles. The fourth-order valence-corrected chi connectivity index (χ4v) is 1.60. The number of aromatic nitrogens is 1. The van der Waals surface area contributed by atoms with Gasteiger partial charge in [-0.2, -0.15) is 5.26 Å². The first-order valence-corrected chi connectivity index (χ1v) is 6.18. The highest BCUT2D eigenvalue weighted by Crippen LogP contribution is 2.19. The number of nitrogens with one attached hydrogen (secondary N) is 1. The lowest BCUT2D eigenvalue weighted by Gasteiger charge is -2.19. The van der Waals surface area contributed by atoms with Crippen molar-refractivity contribution >= 4 is 0 Å². The van der Waals surface area contributed by atoms with E-state index in [2.05, 4.69) is 37.1 Å². The molecule has 0 bridgehead atoms. The first-order valence-electron chi connectivity index (χ1n) is 6.18. The van der Waals surface area contributed by atoms with Gasteiger partial charge in [-0.3, -0.25) is 0 Å². The van der Waals surface area contributed by atoms with Crippen LogP contribution in [-0.4, -0.2) is 10.5 Å². The van der Waals surface area contributed by atoms with Crippen LogP contribution in [0.25, 0.3) is 11.5 Å². The van der Waals surface area contributed by atoms with Crippen LogP contribution in [0.3, 0.4) is 0 Å². The Bertz CT molecular complexity index is 602. The molecule has 0 aliphatic rings. The summed E-state index contributed by atoms with van der Waals surface area (Å²) in [5.41, 5.74) is 2.32. The van der Waals surface area contributed by atoms with Crippen LogP contribution in [0.1, 0.15) is 32.0 Å². The molecule has 0 unspecified atom stereocenters. The maximum atomic E-state index is 8.88. The Labute approximate surface area is 113 Å². The normalized spacial score (nSPS) is 11.3. The molecule has 0 amide bonds. The molecule has 1 N–H and O–H groups in total. The average Bonchev–Trinajstić information content (AvgIpc) is 2.84. The molecule has 1 aromatic carbocycles. The van der Waals surface area contributed by atoms with Crippen LogP contribution in [-0.2, 0) is 6.54 Å². The largest absolute Gasteiger partial charge is 0.444 e. The fraction of sp³-hybridized carbons (Fsp3) is 0.333. The van der Waals surface area contributed by atoms with Crippen molar-refractivity contribution in [3.63, 3.8) is 0 Å². The van der Waals surface area contributed by atoms with Gasteiger partial charge in [-0.25, -0.2) is 4.98 Å². The molecule has 0 fully saturated rings.